The van der Waals surface area contributed by atoms with Crippen LogP contribution in [0.4, 0.5) is 10.6 Å². The largest absolute Gasteiger partial charge is 0.459 e. The lowest BCUT2D eigenvalue weighted by Crippen LogP contribution is -2.50. The number of likely N-dealkylation sites (tertiary alicyclic amines) is 1. The highest BCUT2D eigenvalue weighted by Gasteiger charge is 2.31. The number of aromatic nitrogens is 2. The van der Waals surface area contributed by atoms with Gasteiger partial charge >= 0.3 is 6.09 Å². The van der Waals surface area contributed by atoms with Gasteiger partial charge in [-0.1, -0.05) is 5.92 Å². The molecular weight excluding hydrogens is 396 g/mol. The zero-order valence-corrected chi connectivity index (χ0v) is 18.7. The summed E-state index contributed by atoms with van der Waals surface area (Å²) in [7, 11) is 2.03. The van der Waals surface area contributed by atoms with Crippen molar-refractivity contribution in [3.63, 3.8) is 0 Å². The first kappa shape index (κ1) is 22.6. The summed E-state index contributed by atoms with van der Waals surface area (Å²) in [6.45, 7) is 8.63. The molecular formula is C22H30N6O3. The zero-order chi connectivity index (χ0) is 22.6. The lowest BCUT2D eigenvalue weighted by atomic mass is 10.1. The van der Waals surface area contributed by atoms with E-state index in [-0.39, 0.29) is 18.0 Å². The Morgan fingerprint density at radius 1 is 1.26 bits per heavy atom. The minimum Gasteiger partial charge on any atom is -0.459 e. The maximum absolute atomic E-state index is 12.3. The molecule has 1 amide bonds. The van der Waals surface area contributed by atoms with Crippen molar-refractivity contribution in [1.29, 1.82) is 5.26 Å². The third kappa shape index (κ3) is 5.77. The molecule has 0 aromatic carbocycles. The van der Waals surface area contributed by atoms with Crippen LogP contribution in [0.2, 0.25) is 0 Å². The van der Waals surface area contributed by atoms with Gasteiger partial charge in [0.15, 0.2) is 6.10 Å². The van der Waals surface area contributed by atoms with E-state index in [1.165, 1.54) is 0 Å². The summed E-state index contributed by atoms with van der Waals surface area (Å²) in [5.74, 6) is 3.62. The molecule has 1 aromatic heterocycles. The lowest BCUT2D eigenvalue weighted by Gasteiger charge is -2.36. The van der Waals surface area contributed by atoms with E-state index in [1.807, 2.05) is 38.8 Å². The molecule has 0 bridgehead atoms. The van der Waals surface area contributed by atoms with E-state index >= 15 is 0 Å². The number of amides is 1. The fourth-order valence-electron chi connectivity index (χ4n) is 3.80. The Kier molecular flexibility index (Phi) is 6.87. The van der Waals surface area contributed by atoms with Crippen molar-refractivity contribution < 1.29 is 14.3 Å². The van der Waals surface area contributed by atoms with E-state index in [9.17, 15) is 10.1 Å². The fraction of sp³-hybridized carbons (Fsp3) is 0.636. The molecule has 0 N–H and O–H groups in total. The first-order chi connectivity index (χ1) is 14.7. The van der Waals surface area contributed by atoms with Crippen LogP contribution in [0.1, 0.15) is 39.4 Å². The summed E-state index contributed by atoms with van der Waals surface area (Å²) in [6.07, 6.45) is 6.99. The van der Waals surface area contributed by atoms with Gasteiger partial charge in [0.25, 0.3) is 0 Å². The molecule has 9 nitrogen and oxygen atoms in total. The summed E-state index contributed by atoms with van der Waals surface area (Å²) in [4.78, 5) is 26.7. The molecule has 0 aliphatic carbocycles. The Morgan fingerprint density at radius 3 is 2.52 bits per heavy atom. The van der Waals surface area contributed by atoms with Crippen molar-refractivity contribution >= 4 is 11.9 Å². The predicted octanol–water partition coefficient (Wildman–Crippen LogP) is 1.88. The minimum atomic E-state index is -0.532. The number of carbonyl (C=O) groups is 1. The molecule has 2 saturated heterocycles. The highest BCUT2D eigenvalue weighted by molar-refractivity contribution is 5.68. The van der Waals surface area contributed by atoms with Gasteiger partial charge in [-0.25, -0.2) is 9.78 Å². The number of ether oxygens (including phenoxy) is 2. The fourth-order valence-corrected chi connectivity index (χ4v) is 3.80. The van der Waals surface area contributed by atoms with Gasteiger partial charge in [0.1, 0.15) is 17.5 Å². The monoisotopic (exact) mass is 426 g/mol. The van der Waals surface area contributed by atoms with Crippen LogP contribution in [0.25, 0.3) is 0 Å². The second-order valence-corrected chi connectivity index (χ2v) is 8.85. The van der Waals surface area contributed by atoms with Crippen LogP contribution in [0.3, 0.4) is 0 Å². The maximum Gasteiger partial charge on any atom is 0.410 e. The van der Waals surface area contributed by atoms with E-state index in [1.54, 1.807) is 11.0 Å². The number of hydrogen-bond donors (Lipinski definition) is 0. The van der Waals surface area contributed by atoms with E-state index in [0.717, 1.165) is 19.4 Å². The Balaban J connectivity index is 1.69. The van der Waals surface area contributed by atoms with Crippen molar-refractivity contribution in [2.24, 2.45) is 0 Å². The first-order valence-corrected chi connectivity index (χ1v) is 10.6. The van der Waals surface area contributed by atoms with E-state index in [0.29, 0.717) is 37.9 Å². The van der Waals surface area contributed by atoms with Crippen LogP contribution >= 0.6 is 0 Å². The topological polar surface area (TPSA) is 94.8 Å². The molecule has 0 radical (unpaired) electrons. The van der Waals surface area contributed by atoms with Crippen molar-refractivity contribution in [3.8, 4) is 24.3 Å². The summed E-state index contributed by atoms with van der Waals surface area (Å²) in [5.41, 5.74) is -0.532. The van der Waals surface area contributed by atoms with Crippen LogP contribution in [0, 0.1) is 23.7 Å². The number of carbonyl (C=O) groups excluding carboxylic acids is 1. The standard InChI is InChI=1S/C22H30N6O3/c1-6-17(16-8-7-9-26(16)5)30-20-14-19(24-18(15-23)25-20)27-10-12-28(13-11-27)21(29)31-22(2,3)4/h1,14,16-17H,7-13H2,2-5H3/t16-,17-/m0/s1. The Morgan fingerprint density at radius 2 is 1.97 bits per heavy atom. The molecule has 1 aromatic rings. The molecule has 2 aliphatic heterocycles. The second-order valence-electron chi connectivity index (χ2n) is 8.85. The summed E-state index contributed by atoms with van der Waals surface area (Å²) in [5, 5.41) is 9.39. The molecule has 0 saturated carbocycles. The van der Waals surface area contributed by atoms with Gasteiger partial charge in [0.05, 0.1) is 6.04 Å². The molecule has 3 rings (SSSR count). The van der Waals surface area contributed by atoms with Crippen molar-refractivity contribution in [2.45, 2.75) is 51.4 Å². The number of anilines is 1. The van der Waals surface area contributed by atoms with Crippen LogP contribution in [0.15, 0.2) is 6.07 Å². The molecule has 9 heteroatoms. The van der Waals surface area contributed by atoms with E-state index in [4.69, 9.17) is 15.9 Å². The van der Waals surface area contributed by atoms with Gasteiger partial charge in [0, 0.05) is 32.2 Å². The normalized spacial score (nSPS) is 20.6. The molecule has 3 heterocycles. The summed E-state index contributed by atoms with van der Waals surface area (Å²) >= 11 is 0. The van der Waals surface area contributed by atoms with Crippen molar-refractivity contribution in [3.05, 3.63) is 11.9 Å². The van der Waals surface area contributed by atoms with Crippen LogP contribution in [-0.4, -0.2) is 83.4 Å². The van der Waals surface area contributed by atoms with Crippen molar-refractivity contribution in [1.82, 2.24) is 19.8 Å². The third-order valence-corrected chi connectivity index (χ3v) is 5.38. The average molecular weight is 427 g/mol. The Bertz CT molecular complexity index is 877. The third-order valence-electron chi connectivity index (χ3n) is 5.38. The van der Waals surface area contributed by atoms with Gasteiger partial charge in [0.2, 0.25) is 11.7 Å². The van der Waals surface area contributed by atoms with E-state index in [2.05, 4.69) is 20.8 Å². The minimum absolute atomic E-state index is 0.0256. The number of hydrogen-bond acceptors (Lipinski definition) is 8. The van der Waals surface area contributed by atoms with Gasteiger partial charge in [-0.2, -0.15) is 10.2 Å². The van der Waals surface area contributed by atoms with Crippen LogP contribution in [0.5, 0.6) is 5.88 Å². The van der Waals surface area contributed by atoms with Gasteiger partial charge in [-0.05, 0) is 47.2 Å². The lowest BCUT2D eigenvalue weighted by molar-refractivity contribution is 0.0240. The van der Waals surface area contributed by atoms with Gasteiger partial charge in [-0.3, -0.25) is 4.90 Å². The van der Waals surface area contributed by atoms with Crippen LogP contribution < -0.4 is 9.64 Å². The number of nitriles is 1. The zero-order valence-electron chi connectivity index (χ0n) is 18.7. The smallest absolute Gasteiger partial charge is 0.410 e. The SMILES string of the molecule is C#C[C@H](Oc1cc(N2CCN(C(=O)OC(C)(C)C)CC2)nc(C#N)n1)[C@@H]1CCCN1C. The molecule has 0 spiro atoms. The Hall–Kier alpha value is -3.04. The molecule has 166 valence electrons. The molecule has 2 atom stereocenters. The quantitative estimate of drug-likeness (QED) is 0.674. The second kappa shape index (κ2) is 9.40. The molecule has 0 unspecified atom stereocenters. The van der Waals surface area contributed by atoms with E-state index < -0.39 is 11.7 Å². The number of piperazine rings is 1. The molecule has 31 heavy (non-hydrogen) atoms. The predicted molar refractivity (Wildman–Crippen MR) is 116 cm³/mol. The summed E-state index contributed by atoms with van der Waals surface area (Å²) < 4.78 is 11.5. The summed E-state index contributed by atoms with van der Waals surface area (Å²) in [6, 6.07) is 3.82. The number of nitrogens with zero attached hydrogens (tertiary/aromatic N) is 6. The number of likely N-dealkylation sites (N-methyl/N-ethyl adjacent to an activating group) is 1. The van der Waals surface area contributed by atoms with Crippen molar-refractivity contribution in [2.75, 3.05) is 44.7 Å². The van der Waals surface area contributed by atoms with Gasteiger partial charge in [-0.15, -0.1) is 6.42 Å². The highest BCUT2D eigenvalue weighted by atomic mass is 16.6. The number of rotatable bonds is 4. The van der Waals surface area contributed by atoms with Crippen LogP contribution in [-0.2, 0) is 4.74 Å². The first-order valence-electron chi connectivity index (χ1n) is 10.6. The molecule has 2 fully saturated rings. The average Bonchev–Trinajstić information content (AvgIpc) is 3.16. The molecule has 2 aliphatic rings. The Labute approximate surface area is 183 Å². The van der Waals surface area contributed by atoms with Gasteiger partial charge < -0.3 is 19.3 Å². The number of terminal acetylenes is 1. The maximum atomic E-state index is 12.3. The highest BCUT2D eigenvalue weighted by Crippen LogP contribution is 2.24.